The number of rotatable bonds is 5. The van der Waals surface area contributed by atoms with Gasteiger partial charge in [-0.1, -0.05) is 0 Å². The molecule has 1 unspecified atom stereocenters. The Bertz CT molecular complexity index is 1060. The molecule has 2 aliphatic rings. The smallest absolute Gasteiger partial charge is 0.242 e. The van der Waals surface area contributed by atoms with Crippen molar-refractivity contribution in [2.24, 2.45) is 9.98 Å². The van der Waals surface area contributed by atoms with Gasteiger partial charge in [-0.2, -0.15) is 17.8 Å². The summed E-state index contributed by atoms with van der Waals surface area (Å²) in [5.41, 5.74) is 2.39. The van der Waals surface area contributed by atoms with E-state index < -0.39 is 16.1 Å². The number of fused-ring (bicyclic) bond motifs is 1. The van der Waals surface area contributed by atoms with Crippen LogP contribution in [0.1, 0.15) is 12.6 Å². The first-order chi connectivity index (χ1) is 13.4. The topological polar surface area (TPSA) is 119 Å². The summed E-state index contributed by atoms with van der Waals surface area (Å²) in [7, 11) is -3.27. The molecule has 4 heterocycles. The lowest BCUT2D eigenvalue weighted by Crippen LogP contribution is -2.47. The number of hydrogen-bond donors (Lipinski definition) is 0. The van der Waals surface area contributed by atoms with Gasteiger partial charge >= 0.3 is 0 Å². The van der Waals surface area contributed by atoms with Gasteiger partial charge < -0.3 is 9.47 Å². The zero-order chi connectivity index (χ0) is 19.7. The molecule has 2 aromatic rings. The summed E-state index contributed by atoms with van der Waals surface area (Å²) < 4.78 is 36.5. The van der Waals surface area contributed by atoms with Gasteiger partial charge in [0.2, 0.25) is 15.9 Å². The van der Waals surface area contributed by atoms with Crippen LogP contribution in [0.3, 0.4) is 0 Å². The lowest BCUT2D eigenvalue weighted by atomic mass is 10.2. The number of nitrogens with zero attached hydrogens (tertiary/aromatic N) is 6. The van der Waals surface area contributed by atoms with Crippen LogP contribution >= 0.6 is 13.5 Å². The number of aliphatic imine (C=N–C) groups is 2. The van der Waals surface area contributed by atoms with Gasteiger partial charge in [-0.05, 0) is 13.0 Å². The van der Waals surface area contributed by atoms with Crippen LogP contribution in [0.5, 0.6) is 5.88 Å². The fourth-order valence-electron chi connectivity index (χ4n) is 3.02. The molecule has 0 aromatic carbocycles. The third kappa shape index (κ3) is 4.89. The van der Waals surface area contributed by atoms with Gasteiger partial charge in [0.1, 0.15) is 24.6 Å². The van der Waals surface area contributed by atoms with Crippen LogP contribution < -0.4 is 4.74 Å². The second-order valence-electron chi connectivity index (χ2n) is 6.59. The second kappa shape index (κ2) is 8.69. The molecule has 4 rings (SSSR count). The maximum atomic E-state index is 11.8. The number of sulfonamides is 1. The molecule has 0 radical (unpaired) electrons. The molecule has 0 aliphatic carbocycles. The summed E-state index contributed by atoms with van der Waals surface area (Å²) >= 11 is 0. The molecular weight excluding hydrogens is 416 g/mol. The predicted octanol–water partition coefficient (Wildman–Crippen LogP) is 0.396. The second-order valence-corrected chi connectivity index (χ2v) is 8.57. The fourth-order valence-corrected chi connectivity index (χ4v) is 3.86. The Morgan fingerprint density at radius 2 is 2.10 bits per heavy atom. The van der Waals surface area contributed by atoms with Crippen LogP contribution in [-0.4, -0.2) is 84.4 Å². The first kappa shape index (κ1) is 21.6. The third-order valence-electron chi connectivity index (χ3n) is 4.40. The lowest BCUT2D eigenvalue weighted by molar-refractivity contribution is -0.0252. The molecule has 2 atom stereocenters. The Hall–Kier alpha value is -2.15. The first-order valence-electron chi connectivity index (χ1n) is 8.83. The monoisotopic (exact) mass is 438 g/mol. The predicted molar refractivity (Wildman–Crippen MR) is 114 cm³/mol. The van der Waals surface area contributed by atoms with Crippen LogP contribution in [0.25, 0.3) is 11.0 Å². The van der Waals surface area contributed by atoms with Gasteiger partial charge in [-0.25, -0.2) is 18.4 Å². The quantitative estimate of drug-likeness (QED) is 0.663. The van der Waals surface area contributed by atoms with Crippen molar-refractivity contribution in [3.8, 4) is 5.88 Å². The normalized spacial score (nSPS) is 22.3. The molecule has 2 aliphatic heterocycles. The van der Waals surface area contributed by atoms with Gasteiger partial charge in [0.05, 0.1) is 30.3 Å². The summed E-state index contributed by atoms with van der Waals surface area (Å²) in [4.78, 5) is 21.8. The molecule has 1 saturated heterocycles. The minimum Gasteiger partial charge on any atom is -0.473 e. The Morgan fingerprint density at radius 3 is 2.83 bits per heavy atom. The molecule has 0 N–H and O–H groups in total. The highest BCUT2D eigenvalue weighted by Crippen LogP contribution is 2.23. The fraction of sp³-hybridized carbons (Fsp3) is 0.471. The molecule has 1 fully saturated rings. The average molecular weight is 439 g/mol. The van der Waals surface area contributed by atoms with Crippen LogP contribution in [0, 0.1) is 0 Å². The SMILES string of the molecule is CC1N=CC(c2cc3nccnc3c(OC[C@@H]3CN(S(C)(=O)=O)CCO3)n2)=N1.S. The molecular formula is C17H22N6O4S2. The summed E-state index contributed by atoms with van der Waals surface area (Å²) in [6.07, 6.45) is 5.48. The van der Waals surface area contributed by atoms with E-state index in [-0.39, 0.29) is 32.8 Å². The van der Waals surface area contributed by atoms with E-state index >= 15 is 0 Å². The van der Waals surface area contributed by atoms with E-state index in [1.807, 2.05) is 6.92 Å². The molecule has 0 spiro atoms. The van der Waals surface area contributed by atoms with Crippen LogP contribution in [-0.2, 0) is 14.8 Å². The van der Waals surface area contributed by atoms with Gasteiger partial charge in [0.15, 0.2) is 5.52 Å². The minimum atomic E-state index is -3.27. The van der Waals surface area contributed by atoms with Crippen molar-refractivity contribution in [2.45, 2.75) is 19.2 Å². The van der Waals surface area contributed by atoms with Crippen molar-refractivity contribution in [1.82, 2.24) is 19.3 Å². The van der Waals surface area contributed by atoms with E-state index in [0.717, 1.165) is 0 Å². The molecule has 2 aromatic heterocycles. The first-order valence-corrected chi connectivity index (χ1v) is 10.7. The number of pyridine rings is 1. The molecule has 12 heteroatoms. The average Bonchev–Trinajstić information content (AvgIpc) is 3.12. The van der Waals surface area contributed by atoms with E-state index in [0.29, 0.717) is 41.5 Å². The largest absolute Gasteiger partial charge is 0.473 e. The van der Waals surface area contributed by atoms with Crippen molar-refractivity contribution >= 4 is 46.5 Å². The highest BCUT2D eigenvalue weighted by Gasteiger charge is 2.27. The van der Waals surface area contributed by atoms with Gasteiger partial charge in [-0.15, -0.1) is 0 Å². The standard InChI is InChI=1S/C17H20N6O4S.H2S/c1-11-20-8-15(21-11)13-7-14-16(19-4-3-18-14)17(22-13)27-10-12-9-23(5-6-26-12)28(2,24)25;/h3-4,7-8,11-12H,5-6,9-10H2,1-2H3;1H2/t11?,12-;/m0./s1. The minimum absolute atomic E-state index is 0. The molecule has 0 amide bonds. The van der Waals surface area contributed by atoms with Crippen molar-refractivity contribution in [3.63, 3.8) is 0 Å². The van der Waals surface area contributed by atoms with Crippen LogP contribution in [0.4, 0.5) is 0 Å². The van der Waals surface area contributed by atoms with Crippen LogP contribution in [0.15, 0.2) is 28.4 Å². The summed E-state index contributed by atoms with van der Waals surface area (Å²) in [6.45, 7) is 2.93. The number of morpholine rings is 1. The van der Waals surface area contributed by atoms with Crippen molar-refractivity contribution in [2.75, 3.05) is 32.6 Å². The van der Waals surface area contributed by atoms with Gasteiger partial charge in [-0.3, -0.25) is 15.0 Å². The molecule has 0 bridgehead atoms. The Morgan fingerprint density at radius 1 is 1.31 bits per heavy atom. The lowest BCUT2D eigenvalue weighted by Gasteiger charge is -2.30. The van der Waals surface area contributed by atoms with Crippen molar-refractivity contribution in [1.29, 1.82) is 0 Å². The van der Waals surface area contributed by atoms with E-state index in [2.05, 4.69) is 24.9 Å². The van der Waals surface area contributed by atoms with E-state index in [4.69, 9.17) is 9.47 Å². The molecule has 29 heavy (non-hydrogen) atoms. The van der Waals surface area contributed by atoms with Crippen molar-refractivity contribution < 1.29 is 17.9 Å². The number of ether oxygens (including phenoxy) is 2. The number of hydrogen-bond acceptors (Lipinski definition) is 9. The Balaban J connectivity index is 0.00000240. The zero-order valence-corrected chi connectivity index (χ0v) is 17.8. The van der Waals surface area contributed by atoms with E-state index in [1.54, 1.807) is 24.7 Å². The highest BCUT2D eigenvalue weighted by molar-refractivity contribution is 7.88. The van der Waals surface area contributed by atoms with Gasteiger partial charge in [0.25, 0.3) is 0 Å². The van der Waals surface area contributed by atoms with Crippen LogP contribution in [0.2, 0.25) is 0 Å². The van der Waals surface area contributed by atoms with E-state index in [9.17, 15) is 8.42 Å². The third-order valence-corrected chi connectivity index (χ3v) is 5.67. The Labute approximate surface area is 175 Å². The summed E-state index contributed by atoms with van der Waals surface area (Å²) in [6, 6.07) is 1.79. The van der Waals surface area contributed by atoms with E-state index in [1.165, 1.54) is 10.6 Å². The highest BCUT2D eigenvalue weighted by atomic mass is 32.2. The molecule has 10 nitrogen and oxygen atoms in total. The van der Waals surface area contributed by atoms with Crippen molar-refractivity contribution in [3.05, 3.63) is 24.2 Å². The summed E-state index contributed by atoms with van der Waals surface area (Å²) in [5, 5.41) is 0. The maximum absolute atomic E-state index is 11.8. The Kier molecular flexibility index (Phi) is 6.46. The van der Waals surface area contributed by atoms with Gasteiger partial charge in [0, 0.05) is 25.5 Å². The number of aromatic nitrogens is 3. The molecule has 0 saturated carbocycles. The zero-order valence-electron chi connectivity index (χ0n) is 16.0. The summed E-state index contributed by atoms with van der Waals surface area (Å²) in [5.74, 6) is 0.302. The maximum Gasteiger partial charge on any atom is 0.242 e. The molecule has 156 valence electrons.